The summed E-state index contributed by atoms with van der Waals surface area (Å²) in [5, 5.41) is 47.6. The number of unbranched alkanes of at least 4 members (excludes halogenated alkanes) is 2. The van der Waals surface area contributed by atoms with Crippen LogP contribution in [0.25, 0.3) is 0 Å². The first-order chi connectivity index (χ1) is 35.2. The molecule has 0 radical (unpaired) electrons. The summed E-state index contributed by atoms with van der Waals surface area (Å²) < 4.78 is 0. The van der Waals surface area contributed by atoms with Gasteiger partial charge < -0.3 is 92.0 Å². The van der Waals surface area contributed by atoms with Gasteiger partial charge in [0.25, 0.3) is 0 Å². The maximum atomic E-state index is 14.2. The lowest BCUT2D eigenvalue weighted by atomic mass is 10.0. The lowest BCUT2D eigenvalue weighted by Gasteiger charge is -2.30. The second-order valence-electron chi connectivity index (χ2n) is 18.0. The van der Waals surface area contributed by atoms with E-state index in [1.807, 2.05) is 19.1 Å². The summed E-state index contributed by atoms with van der Waals surface area (Å²) in [7, 11) is 0. The van der Waals surface area contributed by atoms with Crippen LogP contribution in [0.15, 0.2) is 36.0 Å². The van der Waals surface area contributed by atoms with Gasteiger partial charge in [-0.15, -0.1) is 0 Å². The summed E-state index contributed by atoms with van der Waals surface area (Å²) >= 11 is 0. The van der Waals surface area contributed by atoms with Crippen molar-refractivity contribution in [3.63, 3.8) is 0 Å². The molecule has 2 rings (SSSR count). The minimum absolute atomic E-state index is 0.0419. The Kier molecular flexibility index (Phi) is 29.0. The van der Waals surface area contributed by atoms with Crippen molar-refractivity contribution in [3.8, 4) is 0 Å². The molecule has 8 atom stereocenters. The van der Waals surface area contributed by atoms with Crippen LogP contribution in [-0.2, 0) is 49.6 Å². The van der Waals surface area contributed by atoms with E-state index in [1.165, 1.54) is 17.9 Å². The van der Waals surface area contributed by atoms with Crippen molar-refractivity contribution in [3.05, 3.63) is 47.2 Å². The number of amides is 8. The van der Waals surface area contributed by atoms with Gasteiger partial charge >= 0.3 is 5.97 Å². The molecule has 1 fully saturated rings. The number of hydrogen-bond donors (Lipinski definition) is 17. The number of nitrogens with one attached hydrogen (secondary N) is 9. The predicted octanol–water partition coefficient (Wildman–Crippen LogP) is -5.31. The highest BCUT2D eigenvalue weighted by atomic mass is 16.4. The zero-order valence-corrected chi connectivity index (χ0v) is 42.4. The molecule has 27 heteroatoms. The second kappa shape index (κ2) is 33.9. The number of nitrogens with two attached hydrogens (primary N) is 6. The second-order valence-corrected chi connectivity index (χ2v) is 18.0. The number of nitrogens with zero attached hydrogens (tertiary/aromatic N) is 1. The van der Waals surface area contributed by atoms with E-state index in [1.54, 1.807) is 12.1 Å². The Balaban J connectivity index is 2.25. The van der Waals surface area contributed by atoms with Gasteiger partial charge in [-0.05, 0) is 103 Å². The van der Waals surface area contributed by atoms with Crippen LogP contribution in [0, 0.1) is 12.3 Å². The third kappa shape index (κ3) is 22.5. The first-order valence-electron chi connectivity index (χ1n) is 24.9. The fraction of sp³-hybridized carbons (Fsp3) is 0.617. The number of hydrogen-bond acceptors (Lipinski definition) is 16. The topological polar surface area (TPSA) is 474 Å². The summed E-state index contributed by atoms with van der Waals surface area (Å²) in [5.74, 6) is -8.00. The van der Waals surface area contributed by atoms with Crippen molar-refractivity contribution in [1.29, 1.82) is 5.41 Å². The van der Waals surface area contributed by atoms with E-state index < -0.39 is 120 Å². The molecule has 414 valence electrons. The average Bonchev–Trinajstić information content (AvgIpc) is 3.87. The van der Waals surface area contributed by atoms with Gasteiger partial charge in [0.15, 0.2) is 5.96 Å². The quantitative estimate of drug-likeness (QED) is 0.0133. The fourth-order valence-corrected chi connectivity index (χ4v) is 7.70. The minimum atomic E-state index is -1.56. The molecule has 1 unspecified atom stereocenters. The number of aryl methyl sites for hydroxylation is 1. The number of guanidine groups is 1. The van der Waals surface area contributed by atoms with E-state index in [4.69, 9.17) is 39.8 Å². The van der Waals surface area contributed by atoms with Crippen LogP contribution in [0.2, 0.25) is 0 Å². The predicted molar refractivity (Wildman–Crippen MR) is 273 cm³/mol. The molecule has 8 amide bonds. The number of carboxylic acids is 1. The van der Waals surface area contributed by atoms with Gasteiger partial charge in [-0.3, -0.25) is 43.8 Å². The largest absolute Gasteiger partial charge is 0.477 e. The van der Waals surface area contributed by atoms with Gasteiger partial charge in [-0.2, -0.15) is 0 Å². The molecule has 74 heavy (non-hydrogen) atoms. The van der Waals surface area contributed by atoms with Crippen molar-refractivity contribution in [2.45, 2.75) is 139 Å². The van der Waals surface area contributed by atoms with Crippen molar-refractivity contribution in [2.75, 3.05) is 45.8 Å². The minimum Gasteiger partial charge on any atom is -0.477 e. The molecule has 1 saturated heterocycles. The first-order valence-corrected chi connectivity index (χ1v) is 24.9. The zero-order valence-electron chi connectivity index (χ0n) is 42.4. The molecule has 0 bridgehead atoms. The van der Waals surface area contributed by atoms with Crippen LogP contribution in [0.5, 0.6) is 0 Å². The van der Waals surface area contributed by atoms with Gasteiger partial charge in [0, 0.05) is 26.1 Å². The maximum Gasteiger partial charge on any atom is 0.352 e. The summed E-state index contributed by atoms with van der Waals surface area (Å²) in [5.41, 5.74) is 34.9. The molecule has 1 aromatic carbocycles. The molecule has 1 heterocycles. The summed E-state index contributed by atoms with van der Waals surface area (Å²) in [6.07, 6.45) is 3.01. The lowest BCUT2D eigenvalue weighted by molar-refractivity contribution is -0.142. The molecule has 1 aliphatic heterocycles. The van der Waals surface area contributed by atoms with Gasteiger partial charge in [0.2, 0.25) is 47.3 Å². The van der Waals surface area contributed by atoms with Crippen molar-refractivity contribution < 1.29 is 53.4 Å². The molecule has 1 aromatic rings. The standard InChI is InChI=1S/C47H80N16O11/c1-27-15-17-29(18-16-27)24-34(42(69)59-31(11-4-6-20-49)41(68)60-33(46(73)74)13-8-22-55-47(53)54)61-43(70)35-14-9-23-63(35)45(72)32(12-7-21-50)58-37(65)26-56-39(66)28(2)57-44(71)38(36(64)25-51)62-40(67)30(52)10-3-5-19-48/h13,15-18,28,30-32,34-36,38,64H,3-12,14,19-26,48-52H2,1-2H3,(H,56,66)(H,57,71)(H,58,65)(H,59,69)(H,60,68)(H,61,70)(H,62,67)(H,73,74)(H4,53,54,55)/b33-13-/t28?,30-,31-,32+,34-,35-,36-,38-/m0/s1. The van der Waals surface area contributed by atoms with E-state index in [2.05, 4.69) is 42.5 Å². The van der Waals surface area contributed by atoms with Gasteiger partial charge in [-0.1, -0.05) is 42.3 Å². The van der Waals surface area contributed by atoms with Crippen LogP contribution in [0.1, 0.15) is 88.7 Å². The first kappa shape index (κ1) is 63.3. The Bertz CT molecular complexity index is 2080. The number of aliphatic hydroxyl groups excluding tert-OH is 1. The van der Waals surface area contributed by atoms with Crippen LogP contribution in [0.3, 0.4) is 0 Å². The Hall–Kier alpha value is -6.78. The molecule has 27 nitrogen and oxygen atoms in total. The summed E-state index contributed by atoms with van der Waals surface area (Å²) in [6, 6.07) is -1.54. The number of aliphatic carboxylic acids is 1. The monoisotopic (exact) mass is 1040 g/mol. The van der Waals surface area contributed by atoms with Crippen LogP contribution in [0.4, 0.5) is 0 Å². The third-order valence-electron chi connectivity index (χ3n) is 11.9. The van der Waals surface area contributed by atoms with Gasteiger partial charge in [-0.25, -0.2) is 4.79 Å². The van der Waals surface area contributed by atoms with Crippen LogP contribution in [-0.4, -0.2) is 169 Å². The molecule has 0 aliphatic carbocycles. The Labute approximate surface area is 431 Å². The SMILES string of the molecule is Cc1ccc(C[C@H](NC(=O)[C@@H]2CCCN2C(=O)[C@@H](CCCN)NC(=O)CNC(=O)C(C)NC(=O)[C@@H](NC(=O)[C@@H](N)CCCCN)[C@@H](O)CN)C(=O)N[C@@H](CCCCN)C(=O)N/C(=C\CCNC(=N)N)C(=O)O)cc1. The molecular formula is C47H80N16O11. The number of benzene rings is 1. The zero-order chi connectivity index (χ0) is 55.3. The van der Waals surface area contributed by atoms with Crippen molar-refractivity contribution in [2.24, 2.45) is 34.4 Å². The molecule has 0 spiro atoms. The lowest BCUT2D eigenvalue weighted by Crippen LogP contribution is -2.60. The maximum absolute atomic E-state index is 14.2. The number of aliphatic hydroxyl groups is 1. The Morgan fingerprint density at radius 2 is 1.39 bits per heavy atom. The number of carbonyl (C=O) groups excluding carboxylic acids is 8. The Morgan fingerprint density at radius 1 is 0.757 bits per heavy atom. The van der Waals surface area contributed by atoms with Crippen LogP contribution >= 0.6 is 0 Å². The van der Waals surface area contributed by atoms with E-state index in [0.717, 1.165) is 5.56 Å². The number of likely N-dealkylation sites (tertiary alicyclic amines) is 1. The van der Waals surface area contributed by atoms with Crippen molar-refractivity contribution in [1.82, 2.24) is 47.4 Å². The third-order valence-corrected chi connectivity index (χ3v) is 11.9. The molecule has 0 saturated carbocycles. The molecule has 23 N–H and O–H groups in total. The number of carboxylic acid groups (broad SMARTS) is 1. The summed E-state index contributed by atoms with van der Waals surface area (Å²) in [6.45, 7) is 3.16. The van der Waals surface area contributed by atoms with Gasteiger partial charge in [0.1, 0.15) is 41.9 Å². The number of carbonyl (C=O) groups is 9. The van der Waals surface area contributed by atoms with E-state index in [0.29, 0.717) is 44.2 Å². The molecule has 1 aliphatic rings. The smallest absolute Gasteiger partial charge is 0.352 e. The van der Waals surface area contributed by atoms with E-state index in [9.17, 15) is 53.4 Å². The normalized spacial score (nSPS) is 16.2. The highest BCUT2D eigenvalue weighted by molar-refractivity contribution is 5.99. The van der Waals surface area contributed by atoms with Crippen LogP contribution < -0.4 is 76.9 Å². The van der Waals surface area contributed by atoms with Gasteiger partial charge in [0.05, 0.1) is 18.7 Å². The fourth-order valence-electron chi connectivity index (χ4n) is 7.70. The summed E-state index contributed by atoms with van der Waals surface area (Å²) in [4.78, 5) is 122. The highest BCUT2D eigenvalue weighted by Gasteiger charge is 2.39. The average molecular weight is 1050 g/mol. The molecule has 0 aromatic heterocycles. The van der Waals surface area contributed by atoms with Crippen molar-refractivity contribution >= 4 is 59.2 Å². The number of rotatable bonds is 34. The van der Waals surface area contributed by atoms with E-state index >= 15 is 0 Å². The van der Waals surface area contributed by atoms with E-state index in [-0.39, 0.29) is 77.1 Å². The highest BCUT2D eigenvalue weighted by Crippen LogP contribution is 2.21. The molecular weight excluding hydrogens is 965 g/mol. The Morgan fingerprint density at radius 3 is 2.00 bits per heavy atom.